The van der Waals surface area contributed by atoms with Crippen LogP contribution in [-0.2, 0) is 21.3 Å². The van der Waals surface area contributed by atoms with Crippen LogP contribution in [0.15, 0.2) is 59.8 Å². The Bertz CT molecular complexity index is 1960. The Morgan fingerprint density at radius 3 is 2.57 bits per heavy atom. The molecule has 0 bridgehead atoms. The van der Waals surface area contributed by atoms with Crippen LogP contribution in [0.3, 0.4) is 0 Å². The molecule has 1 N–H and O–H groups in total. The third-order valence-corrected chi connectivity index (χ3v) is 10.4. The molecule has 0 unspecified atom stereocenters. The summed E-state index contributed by atoms with van der Waals surface area (Å²) in [5.74, 6) is 1.87. The zero-order valence-electron chi connectivity index (χ0n) is 25.4. The first-order chi connectivity index (χ1) is 21.2. The molecule has 2 saturated heterocycles. The monoisotopic (exact) mass is 612 g/mol. The molecule has 0 spiro atoms. The number of anilines is 1. The lowest BCUT2D eigenvalue weighted by atomic mass is 10.0. The second-order valence-electron chi connectivity index (χ2n) is 11.8. The quantitative estimate of drug-likeness (QED) is 0.291. The SMILES string of the molecule is Cc1ccc(S(=O)(=O)n2ccc3c(-c4nc(-c5c(C)nn(CC6CNC6)c5C)cc(N5CCOC[C@H]5C)n4)ccnc32)cc1. The van der Waals surface area contributed by atoms with E-state index in [9.17, 15) is 8.42 Å². The van der Waals surface area contributed by atoms with Gasteiger partial charge < -0.3 is 15.0 Å². The molecule has 5 aromatic rings. The molecule has 11 nitrogen and oxygen atoms in total. The fourth-order valence-electron chi connectivity index (χ4n) is 6.09. The standard InChI is InChI=1S/C32H36N8O3S/c1-20-5-7-25(8-6-20)44(41,42)40-12-10-27-26(9-11-34-32(27)40)31-35-28(15-29(36-31)38-13-14-43-19-21(38)2)30-22(3)37-39(23(30)4)18-24-16-33-17-24/h5-12,15,21,24,33H,13-14,16-19H2,1-4H3/t21-/m1/s1. The predicted molar refractivity (Wildman–Crippen MR) is 169 cm³/mol. The normalized spacial score (nSPS) is 17.7. The molecular formula is C32H36N8O3S. The molecular weight excluding hydrogens is 576 g/mol. The summed E-state index contributed by atoms with van der Waals surface area (Å²) in [6.07, 6.45) is 3.17. The first-order valence-corrected chi connectivity index (χ1v) is 16.4. The number of nitrogens with zero attached hydrogens (tertiary/aromatic N) is 7. The van der Waals surface area contributed by atoms with Crippen LogP contribution in [0.25, 0.3) is 33.7 Å². The Morgan fingerprint density at radius 1 is 1.05 bits per heavy atom. The van der Waals surface area contributed by atoms with E-state index in [1.165, 1.54) is 3.97 Å². The van der Waals surface area contributed by atoms with Crippen LogP contribution < -0.4 is 10.2 Å². The molecule has 44 heavy (non-hydrogen) atoms. The van der Waals surface area contributed by atoms with Gasteiger partial charge in [-0.15, -0.1) is 0 Å². The van der Waals surface area contributed by atoms with E-state index in [4.69, 9.17) is 19.8 Å². The summed E-state index contributed by atoms with van der Waals surface area (Å²) in [6, 6.07) is 12.6. The molecule has 12 heteroatoms. The number of aromatic nitrogens is 6. The molecule has 1 atom stereocenters. The number of hydrogen-bond donors (Lipinski definition) is 1. The van der Waals surface area contributed by atoms with Gasteiger partial charge in [-0.25, -0.2) is 27.3 Å². The number of rotatable bonds is 7. The highest BCUT2D eigenvalue weighted by Crippen LogP contribution is 2.34. The van der Waals surface area contributed by atoms with Crippen LogP contribution in [0, 0.1) is 26.7 Å². The molecule has 4 aromatic heterocycles. The van der Waals surface area contributed by atoms with Gasteiger partial charge in [0.05, 0.1) is 35.5 Å². The maximum absolute atomic E-state index is 13.6. The highest BCUT2D eigenvalue weighted by molar-refractivity contribution is 7.90. The van der Waals surface area contributed by atoms with E-state index < -0.39 is 10.0 Å². The Morgan fingerprint density at radius 2 is 1.84 bits per heavy atom. The zero-order chi connectivity index (χ0) is 30.6. The average Bonchev–Trinajstić information content (AvgIpc) is 3.55. The van der Waals surface area contributed by atoms with E-state index >= 15 is 0 Å². The van der Waals surface area contributed by atoms with Crippen molar-refractivity contribution in [2.75, 3.05) is 37.7 Å². The first kappa shape index (κ1) is 28.6. The van der Waals surface area contributed by atoms with Gasteiger partial charge in [-0.3, -0.25) is 4.68 Å². The van der Waals surface area contributed by atoms with Crippen molar-refractivity contribution in [3.63, 3.8) is 0 Å². The molecule has 2 aliphatic heterocycles. The number of fused-ring (bicyclic) bond motifs is 1. The Hall–Kier alpha value is -4.13. The van der Waals surface area contributed by atoms with Crippen molar-refractivity contribution >= 4 is 26.9 Å². The second-order valence-corrected chi connectivity index (χ2v) is 13.6. The molecule has 2 fully saturated rings. The van der Waals surface area contributed by atoms with Gasteiger partial charge in [0.1, 0.15) is 5.82 Å². The lowest BCUT2D eigenvalue weighted by Crippen LogP contribution is -2.44. The average molecular weight is 613 g/mol. The topological polar surface area (TPSA) is 120 Å². The fourth-order valence-corrected chi connectivity index (χ4v) is 7.39. The minimum Gasteiger partial charge on any atom is -0.377 e. The van der Waals surface area contributed by atoms with Crippen molar-refractivity contribution in [2.24, 2.45) is 5.92 Å². The summed E-state index contributed by atoms with van der Waals surface area (Å²) in [5, 5.41) is 8.90. The number of hydrogen-bond acceptors (Lipinski definition) is 9. The van der Waals surface area contributed by atoms with Gasteiger partial charge in [0.2, 0.25) is 0 Å². The molecule has 1 aromatic carbocycles. The molecule has 0 radical (unpaired) electrons. The van der Waals surface area contributed by atoms with Crippen molar-refractivity contribution in [3.8, 4) is 22.6 Å². The minimum atomic E-state index is -3.86. The second kappa shape index (κ2) is 11.1. The zero-order valence-corrected chi connectivity index (χ0v) is 26.2. The van der Waals surface area contributed by atoms with E-state index in [1.807, 2.05) is 26.0 Å². The molecule has 2 aliphatic rings. The highest BCUT2D eigenvalue weighted by Gasteiger charge is 2.27. The third kappa shape index (κ3) is 4.96. The number of ether oxygens (including phenoxy) is 1. The summed E-state index contributed by atoms with van der Waals surface area (Å²) in [7, 11) is -3.86. The van der Waals surface area contributed by atoms with E-state index in [-0.39, 0.29) is 10.9 Å². The summed E-state index contributed by atoms with van der Waals surface area (Å²) >= 11 is 0. The van der Waals surface area contributed by atoms with E-state index in [0.717, 1.165) is 53.7 Å². The van der Waals surface area contributed by atoms with Gasteiger partial charge >= 0.3 is 0 Å². The molecule has 228 valence electrons. The fraction of sp³-hybridized carbons (Fsp3) is 0.375. The molecule has 6 heterocycles. The van der Waals surface area contributed by atoms with Crippen molar-refractivity contribution in [3.05, 3.63) is 71.8 Å². The van der Waals surface area contributed by atoms with Crippen molar-refractivity contribution in [1.29, 1.82) is 0 Å². The molecule has 0 amide bonds. The number of morpholine rings is 1. The number of nitrogens with one attached hydrogen (secondary N) is 1. The van der Waals surface area contributed by atoms with Gasteiger partial charge in [0, 0.05) is 72.8 Å². The molecule has 0 aliphatic carbocycles. The van der Waals surface area contributed by atoms with E-state index in [0.29, 0.717) is 48.1 Å². The van der Waals surface area contributed by atoms with Crippen LogP contribution in [0.4, 0.5) is 5.82 Å². The van der Waals surface area contributed by atoms with Gasteiger partial charge in [0.25, 0.3) is 10.0 Å². The summed E-state index contributed by atoms with van der Waals surface area (Å²) in [6.45, 7) is 13.0. The summed E-state index contributed by atoms with van der Waals surface area (Å²) in [4.78, 5) is 17.1. The largest absolute Gasteiger partial charge is 0.377 e. The van der Waals surface area contributed by atoms with Crippen LogP contribution >= 0.6 is 0 Å². The Kier molecular flexibility index (Phi) is 7.22. The predicted octanol–water partition coefficient (Wildman–Crippen LogP) is 3.96. The number of benzene rings is 1. The number of pyridine rings is 1. The van der Waals surface area contributed by atoms with Crippen LogP contribution in [-0.4, -0.2) is 76.0 Å². The summed E-state index contributed by atoms with van der Waals surface area (Å²) in [5.41, 5.74) is 5.78. The van der Waals surface area contributed by atoms with Gasteiger partial charge in [-0.05, 0) is 52.0 Å². The van der Waals surface area contributed by atoms with Gasteiger partial charge in [-0.2, -0.15) is 5.10 Å². The van der Waals surface area contributed by atoms with Crippen LogP contribution in [0.1, 0.15) is 23.9 Å². The minimum absolute atomic E-state index is 0.133. The first-order valence-electron chi connectivity index (χ1n) is 15.0. The van der Waals surface area contributed by atoms with Crippen molar-refractivity contribution in [1.82, 2.24) is 34.0 Å². The third-order valence-electron chi connectivity index (χ3n) is 8.68. The number of aryl methyl sites for hydroxylation is 2. The van der Waals surface area contributed by atoms with Crippen molar-refractivity contribution in [2.45, 2.75) is 45.2 Å². The molecule has 0 saturated carbocycles. The highest BCUT2D eigenvalue weighted by atomic mass is 32.2. The van der Waals surface area contributed by atoms with Crippen molar-refractivity contribution < 1.29 is 13.2 Å². The maximum atomic E-state index is 13.6. The van der Waals surface area contributed by atoms with E-state index in [2.05, 4.69) is 33.7 Å². The maximum Gasteiger partial charge on any atom is 0.269 e. The smallest absolute Gasteiger partial charge is 0.269 e. The van der Waals surface area contributed by atoms with Crippen LogP contribution in [0.5, 0.6) is 0 Å². The lowest BCUT2D eigenvalue weighted by Gasteiger charge is -2.34. The summed E-state index contributed by atoms with van der Waals surface area (Å²) < 4.78 is 36.3. The molecule has 7 rings (SSSR count). The van der Waals surface area contributed by atoms with Gasteiger partial charge in [-0.1, -0.05) is 17.7 Å². The lowest BCUT2D eigenvalue weighted by molar-refractivity contribution is 0.0985. The Labute approximate surface area is 257 Å². The van der Waals surface area contributed by atoms with Crippen LogP contribution in [0.2, 0.25) is 0 Å². The van der Waals surface area contributed by atoms with E-state index in [1.54, 1.807) is 42.7 Å². The Balaban J connectivity index is 1.37. The van der Waals surface area contributed by atoms with Gasteiger partial charge in [0.15, 0.2) is 11.5 Å².